The van der Waals surface area contributed by atoms with Crippen molar-refractivity contribution in [3.8, 4) is 5.82 Å². The first-order valence-electron chi connectivity index (χ1n) is 5.28. The lowest BCUT2D eigenvalue weighted by molar-refractivity contribution is -0.141. The Hall–Kier alpha value is -2.39. The smallest absolute Gasteiger partial charge is 0.269 e. The molecule has 0 saturated heterocycles. The zero-order valence-electron chi connectivity index (χ0n) is 9.90. The third kappa shape index (κ3) is 3.20. The minimum absolute atomic E-state index is 0.235. The van der Waals surface area contributed by atoms with E-state index >= 15 is 0 Å². The van der Waals surface area contributed by atoms with E-state index in [0.717, 1.165) is 6.07 Å². The number of hydrogen-bond acceptors (Lipinski definition) is 3. The molecule has 112 valence electrons. The average Bonchev–Trinajstić information content (AvgIpc) is 2.36. The second kappa shape index (κ2) is 4.86. The van der Waals surface area contributed by atoms with Crippen molar-refractivity contribution < 1.29 is 26.3 Å². The molecule has 0 aliphatic rings. The van der Waals surface area contributed by atoms with Crippen LogP contribution in [0.1, 0.15) is 11.3 Å². The van der Waals surface area contributed by atoms with Crippen LogP contribution < -0.4 is 5.56 Å². The number of alkyl halides is 6. The molecule has 0 fully saturated rings. The summed E-state index contributed by atoms with van der Waals surface area (Å²) in [7, 11) is 0. The van der Waals surface area contributed by atoms with Crippen LogP contribution in [-0.4, -0.2) is 14.5 Å². The Morgan fingerprint density at radius 3 is 2.05 bits per heavy atom. The Morgan fingerprint density at radius 2 is 1.62 bits per heavy atom. The lowest BCUT2D eigenvalue weighted by Gasteiger charge is -2.09. The monoisotopic (exact) mass is 309 g/mol. The second-order valence-electron chi connectivity index (χ2n) is 3.88. The first kappa shape index (κ1) is 15.0. The van der Waals surface area contributed by atoms with Crippen LogP contribution in [0.3, 0.4) is 0 Å². The molecular formula is C11H5F6N3O. The van der Waals surface area contributed by atoms with E-state index in [2.05, 4.69) is 9.97 Å². The molecule has 0 spiro atoms. The standard InChI is InChI=1S/C11H5F6N3O/c12-10(13,14)6-1-2-8(18-4-6)20-5-19-7(3-9(20)21)11(15,16)17/h1-5H. The highest BCUT2D eigenvalue weighted by atomic mass is 19.4. The van der Waals surface area contributed by atoms with Crippen LogP contribution in [0.4, 0.5) is 26.3 Å². The highest BCUT2D eigenvalue weighted by Gasteiger charge is 2.33. The largest absolute Gasteiger partial charge is 0.433 e. The van der Waals surface area contributed by atoms with Crippen molar-refractivity contribution in [3.05, 3.63) is 52.3 Å². The Bertz CT molecular complexity index is 702. The van der Waals surface area contributed by atoms with E-state index < -0.39 is 29.2 Å². The van der Waals surface area contributed by atoms with Gasteiger partial charge < -0.3 is 0 Å². The van der Waals surface area contributed by atoms with Crippen molar-refractivity contribution in [2.45, 2.75) is 12.4 Å². The molecule has 2 heterocycles. The summed E-state index contributed by atoms with van der Waals surface area (Å²) >= 11 is 0. The maximum absolute atomic E-state index is 12.3. The summed E-state index contributed by atoms with van der Waals surface area (Å²) in [5.41, 5.74) is -3.54. The highest BCUT2D eigenvalue weighted by molar-refractivity contribution is 5.27. The van der Waals surface area contributed by atoms with Crippen LogP contribution in [0, 0.1) is 0 Å². The van der Waals surface area contributed by atoms with Gasteiger partial charge >= 0.3 is 12.4 Å². The van der Waals surface area contributed by atoms with Gasteiger partial charge in [0.2, 0.25) is 0 Å². The Kier molecular flexibility index (Phi) is 3.47. The van der Waals surface area contributed by atoms with Crippen LogP contribution in [0.5, 0.6) is 0 Å². The Morgan fingerprint density at radius 1 is 0.952 bits per heavy atom. The van der Waals surface area contributed by atoms with Gasteiger partial charge in [-0.2, -0.15) is 26.3 Å². The van der Waals surface area contributed by atoms with Crippen molar-refractivity contribution in [1.82, 2.24) is 14.5 Å². The molecule has 0 aliphatic carbocycles. The van der Waals surface area contributed by atoms with Gasteiger partial charge in [-0.25, -0.2) is 9.97 Å². The summed E-state index contributed by atoms with van der Waals surface area (Å²) in [6.45, 7) is 0. The molecule has 0 N–H and O–H groups in total. The minimum Gasteiger partial charge on any atom is -0.269 e. The molecule has 0 radical (unpaired) electrons. The predicted molar refractivity (Wildman–Crippen MR) is 57.6 cm³/mol. The van der Waals surface area contributed by atoms with E-state index in [9.17, 15) is 31.1 Å². The van der Waals surface area contributed by atoms with Crippen LogP contribution >= 0.6 is 0 Å². The fourth-order valence-electron chi connectivity index (χ4n) is 1.42. The lowest BCUT2D eigenvalue weighted by atomic mass is 10.3. The molecular weight excluding hydrogens is 304 g/mol. The second-order valence-corrected chi connectivity index (χ2v) is 3.88. The molecule has 2 aromatic heterocycles. The van der Waals surface area contributed by atoms with Crippen molar-refractivity contribution in [3.63, 3.8) is 0 Å². The molecule has 0 bridgehead atoms. The number of rotatable bonds is 1. The molecule has 0 aromatic carbocycles. The fraction of sp³-hybridized carbons (Fsp3) is 0.182. The first-order chi connectivity index (χ1) is 9.59. The maximum atomic E-state index is 12.3. The molecule has 2 aromatic rings. The summed E-state index contributed by atoms with van der Waals surface area (Å²) in [5, 5.41) is 0. The Labute approximate surface area is 112 Å². The fourth-order valence-corrected chi connectivity index (χ4v) is 1.42. The maximum Gasteiger partial charge on any atom is 0.433 e. The molecule has 0 saturated carbocycles. The summed E-state index contributed by atoms with van der Waals surface area (Å²) in [5.74, 6) is -0.269. The van der Waals surface area contributed by atoms with Gasteiger partial charge in [-0.15, -0.1) is 0 Å². The number of hydrogen-bond donors (Lipinski definition) is 0. The van der Waals surface area contributed by atoms with Gasteiger partial charge in [0.15, 0.2) is 5.69 Å². The van der Waals surface area contributed by atoms with Crippen LogP contribution in [0.2, 0.25) is 0 Å². The minimum atomic E-state index is -4.79. The molecule has 0 amide bonds. The van der Waals surface area contributed by atoms with Gasteiger partial charge in [0.25, 0.3) is 5.56 Å². The van der Waals surface area contributed by atoms with E-state index in [1.54, 1.807) is 0 Å². The highest BCUT2D eigenvalue weighted by Crippen LogP contribution is 2.29. The molecule has 0 atom stereocenters. The third-order valence-electron chi connectivity index (χ3n) is 2.42. The summed E-state index contributed by atoms with van der Waals surface area (Å²) in [6.07, 6.45) is -8.36. The SMILES string of the molecule is O=c1cc(C(F)(F)F)ncn1-c1ccc(C(F)(F)F)cn1. The van der Waals surface area contributed by atoms with Crippen LogP contribution in [0.25, 0.3) is 5.82 Å². The van der Waals surface area contributed by atoms with Gasteiger partial charge in [-0.1, -0.05) is 0 Å². The zero-order valence-corrected chi connectivity index (χ0v) is 9.90. The quantitative estimate of drug-likeness (QED) is 0.761. The Balaban J connectivity index is 2.42. The van der Waals surface area contributed by atoms with E-state index in [-0.39, 0.29) is 11.9 Å². The summed E-state index contributed by atoms with van der Waals surface area (Å²) in [6, 6.07) is 1.75. The van der Waals surface area contributed by atoms with E-state index in [4.69, 9.17) is 0 Å². The van der Waals surface area contributed by atoms with Gasteiger partial charge in [0, 0.05) is 12.3 Å². The molecule has 21 heavy (non-hydrogen) atoms. The van der Waals surface area contributed by atoms with Crippen LogP contribution in [0.15, 0.2) is 35.5 Å². The van der Waals surface area contributed by atoms with Crippen molar-refractivity contribution in [2.75, 3.05) is 0 Å². The predicted octanol–water partition coefficient (Wildman–Crippen LogP) is 2.67. The number of nitrogens with zero attached hydrogens (tertiary/aromatic N) is 3. The van der Waals surface area contributed by atoms with E-state index in [1.165, 1.54) is 0 Å². The molecule has 0 unspecified atom stereocenters. The third-order valence-corrected chi connectivity index (χ3v) is 2.42. The summed E-state index contributed by atoms with van der Waals surface area (Å²) < 4.78 is 74.6. The first-order valence-corrected chi connectivity index (χ1v) is 5.28. The number of aromatic nitrogens is 3. The number of halogens is 6. The van der Waals surface area contributed by atoms with Gasteiger partial charge in [0.05, 0.1) is 5.56 Å². The molecule has 4 nitrogen and oxygen atoms in total. The van der Waals surface area contributed by atoms with Gasteiger partial charge in [-0.3, -0.25) is 9.36 Å². The van der Waals surface area contributed by atoms with Gasteiger partial charge in [-0.05, 0) is 12.1 Å². The molecule has 10 heteroatoms. The number of pyridine rings is 1. The van der Waals surface area contributed by atoms with Crippen molar-refractivity contribution in [2.24, 2.45) is 0 Å². The normalized spacial score (nSPS) is 12.5. The van der Waals surface area contributed by atoms with E-state index in [1.807, 2.05) is 0 Å². The van der Waals surface area contributed by atoms with Crippen molar-refractivity contribution >= 4 is 0 Å². The zero-order chi connectivity index (χ0) is 15.8. The topological polar surface area (TPSA) is 47.8 Å². The molecule has 0 aliphatic heterocycles. The average molecular weight is 309 g/mol. The lowest BCUT2D eigenvalue weighted by Crippen LogP contribution is -2.23. The van der Waals surface area contributed by atoms with E-state index in [0.29, 0.717) is 23.2 Å². The van der Waals surface area contributed by atoms with Crippen molar-refractivity contribution in [1.29, 1.82) is 0 Å². The van der Waals surface area contributed by atoms with Crippen LogP contribution in [-0.2, 0) is 12.4 Å². The molecule has 2 rings (SSSR count). The van der Waals surface area contributed by atoms with Gasteiger partial charge in [0.1, 0.15) is 12.1 Å². The summed E-state index contributed by atoms with van der Waals surface area (Å²) in [4.78, 5) is 18.0.